The van der Waals surface area contributed by atoms with Crippen LogP contribution in [0.3, 0.4) is 0 Å². The molecule has 0 fully saturated rings. The number of hydrogen-bond donors (Lipinski definition) is 1. The molecule has 4 nitrogen and oxygen atoms in total. The van der Waals surface area contributed by atoms with E-state index in [4.69, 9.17) is 5.11 Å². The lowest BCUT2D eigenvalue weighted by Crippen LogP contribution is -2.20. The Balaban J connectivity index is 2.64. The van der Waals surface area contributed by atoms with Gasteiger partial charge in [0.15, 0.2) is 0 Å². The molecular weight excluding hydrogens is 294 g/mol. The summed E-state index contributed by atoms with van der Waals surface area (Å²) in [6, 6.07) is 1.94. The second-order valence-electron chi connectivity index (χ2n) is 4.77. The fourth-order valence-electron chi connectivity index (χ4n) is 1.63. The number of hydrogen-bond acceptors (Lipinski definition) is 4. The SMILES string of the molecule is CC(C)c1nc(Br)cc(N(C)CCCCCO)n1. The van der Waals surface area contributed by atoms with Crippen LogP contribution in [-0.2, 0) is 0 Å². The molecular formula is C13H22BrN3O. The molecule has 0 atom stereocenters. The van der Waals surface area contributed by atoms with Gasteiger partial charge in [-0.15, -0.1) is 0 Å². The summed E-state index contributed by atoms with van der Waals surface area (Å²) < 4.78 is 0.832. The number of unbranched alkanes of at least 4 members (excludes halogenated alkanes) is 2. The number of aliphatic hydroxyl groups is 1. The first kappa shape index (κ1) is 15.4. The molecule has 1 heterocycles. The normalized spacial score (nSPS) is 11.0. The fourth-order valence-corrected chi connectivity index (χ4v) is 2.02. The quantitative estimate of drug-likeness (QED) is 0.621. The summed E-state index contributed by atoms with van der Waals surface area (Å²) in [6.45, 7) is 5.40. The summed E-state index contributed by atoms with van der Waals surface area (Å²) in [7, 11) is 2.04. The summed E-state index contributed by atoms with van der Waals surface area (Å²) in [5, 5.41) is 8.74. The molecule has 0 radical (unpaired) electrons. The Hall–Kier alpha value is -0.680. The van der Waals surface area contributed by atoms with Crippen molar-refractivity contribution in [1.29, 1.82) is 0 Å². The molecule has 0 saturated carbocycles. The van der Waals surface area contributed by atoms with Crippen molar-refractivity contribution < 1.29 is 5.11 Å². The largest absolute Gasteiger partial charge is 0.396 e. The van der Waals surface area contributed by atoms with Gasteiger partial charge >= 0.3 is 0 Å². The molecule has 0 saturated heterocycles. The van der Waals surface area contributed by atoms with Crippen molar-refractivity contribution in [2.45, 2.75) is 39.0 Å². The van der Waals surface area contributed by atoms with Crippen LogP contribution in [0.1, 0.15) is 44.9 Å². The Bertz CT molecular complexity index is 371. The first-order valence-electron chi connectivity index (χ1n) is 6.41. The molecule has 0 spiro atoms. The van der Waals surface area contributed by atoms with Gasteiger partial charge in [0.2, 0.25) is 0 Å². The Kier molecular flexibility index (Phi) is 6.57. The van der Waals surface area contributed by atoms with E-state index < -0.39 is 0 Å². The molecule has 0 bridgehead atoms. The predicted octanol–water partition coefficient (Wildman–Crippen LogP) is 2.96. The van der Waals surface area contributed by atoms with Crippen LogP contribution < -0.4 is 4.90 Å². The van der Waals surface area contributed by atoms with E-state index >= 15 is 0 Å². The van der Waals surface area contributed by atoms with Crippen molar-refractivity contribution >= 4 is 21.7 Å². The van der Waals surface area contributed by atoms with Crippen molar-refractivity contribution in [3.63, 3.8) is 0 Å². The highest BCUT2D eigenvalue weighted by molar-refractivity contribution is 9.10. The lowest BCUT2D eigenvalue weighted by molar-refractivity contribution is 0.283. The fraction of sp³-hybridized carbons (Fsp3) is 0.692. The van der Waals surface area contributed by atoms with E-state index in [-0.39, 0.29) is 6.61 Å². The third-order valence-corrected chi connectivity index (χ3v) is 3.16. The molecule has 0 aliphatic heterocycles. The smallest absolute Gasteiger partial charge is 0.134 e. The van der Waals surface area contributed by atoms with Crippen molar-refractivity contribution in [3.8, 4) is 0 Å². The Morgan fingerprint density at radius 1 is 1.28 bits per heavy atom. The number of aliphatic hydroxyl groups excluding tert-OH is 1. The molecule has 1 aromatic heterocycles. The van der Waals surface area contributed by atoms with Gasteiger partial charge in [0.05, 0.1) is 0 Å². The number of halogens is 1. The highest BCUT2D eigenvalue weighted by atomic mass is 79.9. The maximum Gasteiger partial charge on any atom is 0.134 e. The third kappa shape index (κ3) is 4.90. The van der Waals surface area contributed by atoms with Crippen molar-refractivity contribution in [1.82, 2.24) is 9.97 Å². The van der Waals surface area contributed by atoms with E-state index in [1.165, 1.54) is 0 Å². The Labute approximate surface area is 118 Å². The zero-order valence-electron chi connectivity index (χ0n) is 11.4. The van der Waals surface area contributed by atoms with Crippen LogP contribution in [0.15, 0.2) is 10.7 Å². The lowest BCUT2D eigenvalue weighted by atomic mass is 10.2. The highest BCUT2D eigenvalue weighted by Crippen LogP contribution is 2.19. The number of nitrogens with zero attached hydrogens (tertiary/aromatic N) is 3. The summed E-state index contributed by atoms with van der Waals surface area (Å²) in [5.41, 5.74) is 0. The topological polar surface area (TPSA) is 49.2 Å². The number of aromatic nitrogens is 2. The summed E-state index contributed by atoms with van der Waals surface area (Å²) in [4.78, 5) is 11.1. The molecule has 0 amide bonds. The molecule has 1 N–H and O–H groups in total. The molecule has 102 valence electrons. The van der Waals surface area contributed by atoms with Gasteiger partial charge in [-0.1, -0.05) is 13.8 Å². The number of rotatable bonds is 7. The molecule has 18 heavy (non-hydrogen) atoms. The molecule has 0 aromatic carbocycles. The Morgan fingerprint density at radius 2 is 2.00 bits per heavy atom. The van der Waals surface area contributed by atoms with Crippen LogP contribution in [0, 0.1) is 0 Å². The average Bonchev–Trinajstić information content (AvgIpc) is 2.33. The van der Waals surface area contributed by atoms with Gasteiger partial charge in [-0.25, -0.2) is 9.97 Å². The zero-order valence-corrected chi connectivity index (χ0v) is 12.9. The molecule has 0 unspecified atom stereocenters. The predicted molar refractivity (Wildman–Crippen MR) is 78.0 cm³/mol. The standard InChI is InChI=1S/C13H22BrN3O/c1-10(2)13-15-11(14)9-12(16-13)17(3)7-5-4-6-8-18/h9-10,18H,4-8H2,1-3H3. The van der Waals surface area contributed by atoms with Gasteiger partial charge < -0.3 is 10.0 Å². The maximum absolute atomic E-state index is 8.74. The van der Waals surface area contributed by atoms with E-state index in [9.17, 15) is 0 Å². The molecule has 0 aliphatic carbocycles. The lowest BCUT2D eigenvalue weighted by Gasteiger charge is -2.19. The monoisotopic (exact) mass is 315 g/mol. The van der Waals surface area contributed by atoms with Crippen molar-refractivity contribution in [2.24, 2.45) is 0 Å². The number of anilines is 1. The zero-order chi connectivity index (χ0) is 13.5. The van der Waals surface area contributed by atoms with Gasteiger partial charge in [-0.05, 0) is 35.2 Å². The summed E-state index contributed by atoms with van der Waals surface area (Å²) >= 11 is 3.43. The van der Waals surface area contributed by atoms with E-state index in [0.29, 0.717) is 5.92 Å². The second kappa shape index (κ2) is 7.69. The first-order valence-corrected chi connectivity index (χ1v) is 7.20. The Morgan fingerprint density at radius 3 is 2.61 bits per heavy atom. The van der Waals surface area contributed by atoms with Gasteiger partial charge in [0, 0.05) is 32.2 Å². The minimum Gasteiger partial charge on any atom is -0.396 e. The van der Waals surface area contributed by atoms with E-state index in [2.05, 4.69) is 44.6 Å². The molecule has 0 aliphatic rings. The van der Waals surface area contributed by atoms with E-state index in [1.807, 2.05) is 13.1 Å². The van der Waals surface area contributed by atoms with Crippen LogP contribution in [0.5, 0.6) is 0 Å². The molecule has 1 aromatic rings. The maximum atomic E-state index is 8.74. The summed E-state index contributed by atoms with van der Waals surface area (Å²) in [6.07, 6.45) is 2.98. The van der Waals surface area contributed by atoms with Gasteiger partial charge in [-0.3, -0.25) is 0 Å². The van der Waals surface area contributed by atoms with Crippen LogP contribution in [0.4, 0.5) is 5.82 Å². The van der Waals surface area contributed by atoms with Crippen LogP contribution in [-0.4, -0.2) is 35.3 Å². The third-order valence-electron chi connectivity index (χ3n) is 2.76. The minimum absolute atomic E-state index is 0.278. The van der Waals surface area contributed by atoms with Crippen LogP contribution >= 0.6 is 15.9 Å². The van der Waals surface area contributed by atoms with Gasteiger partial charge in [0.25, 0.3) is 0 Å². The first-order chi connectivity index (χ1) is 8.54. The molecule has 5 heteroatoms. The minimum atomic E-state index is 0.278. The van der Waals surface area contributed by atoms with Crippen LogP contribution in [0.2, 0.25) is 0 Å². The second-order valence-corrected chi connectivity index (χ2v) is 5.58. The summed E-state index contributed by atoms with van der Waals surface area (Å²) in [5.74, 6) is 2.13. The van der Waals surface area contributed by atoms with Crippen molar-refractivity contribution in [2.75, 3.05) is 25.1 Å². The van der Waals surface area contributed by atoms with Gasteiger partial charge in [0.1, 0.15) is 16.2 Å². The van der Waals surface area contributed by atoms with E-state index in [1.54, 1.807) is 0 Å². The van der Waals surface area contributed by atoms with Gasteiger partial charge in [-0.2, -0.15) is 0 Å². The van der Waals surface area contributed by atoms with E-state index in [0.717, 1.165) is 42.1 Å². The highest BCUT2D eigenvalue weighted by Gasteiger charge is 2.09. The van der Waals surface area contributed by atoms with Crippen molar-refractivity contribution in [3.05, 3.63) is 16.5 Å². The molecule has 1 rings (SSSR count). The van der Waals surface area contributed by atoms with Crippen LogP contribution in [0.25, 0.3) is 0 Å². The average molecular weight is 316 g/mol.